The topological polar surface area (TPSA) is 64.6 Å². The van der Waals surface area contributed by atoms with Crippen LogP contribution in [0.4, 0.5) is 5.69 Å². The number of hydrogen-bond donors (Lipinski definition) is 1. The number of ether oxygens (including phenoxy) is 2. The third-order valence-electron chi connectivity index (χ3n) is 4.70. The summed E-state index contributed by atoms with van der Waals surface area (Å²) in [5.74, 6) is -0.0629. The van der Waals surface area contributed by atoms with Crippen LogP contribution in [-0.4, -0.2) is 24.6 Å². The van der Waals surface area contributed by atoms with Crippen LogP contribution in [0, 0.1) is 0 Å². The summed E-state index contributed by atoms with van der Waals surface area (Å²) in [4.78, 5) is 24.7. The molecular weight excluding hydrogens is 378 g/mol. The number of hydrogen-bond acceptors (Lipinski definition) is 4. The third kappa shape index (κ3) is 5.26. The summed E-state index contributed by atoms with van der Waals surface area (Å²) in [6, 6.07) is 11.6. The molecule has 2 aromatic rings. The fourth-order valence-corrected chi connectivity index (χ4v) is 3.45. The van der Waals surface area contributed by atoms with Gasteiger partial charge in [0.15, 0.2) is 0 Å². The molecular formula is C22H24ClNO4. The minimum atomic E-state index is -0.317. The van der Waals surface area contributed by atoms with E-state index in [4.69, 9.17) is 21.1 Å². The number of amides is 1. The molecule has 0 bridgehead atoms. The SMILES string of the molecule is CCOc1ccc(C(=O)Nc2ccc(C(=O)OC3CCCCC3)cc2)cc1Cl. The Labute approximate surface area is 170 Å². The predicted molar refractivity (Wildman–Crippen MR) is 109 cm³/mol. The molecule has 0 radical (unpaired) electrons. The Balaban J connectivity index is 1.59. The van der Waals surface area contributed by atoms with Gasteiger partial charge in [0.1, 0.15) is 11.9 Å². The lowest BCUT2D eigenvalue weighted by Crippen LogP contribution is -2.21. The van der Waals surface area contributed by atoms with Gasteiger partial charge in [0.25, 0.3) is 5.91 Å². The average molecular weight is 402 g/mol. The number of esters is 1. The summed E-state index contributed by atoms with van der Waals surface area (Å²) in [5, 5.41) is 3.18. The summed E-state index contributed by atoms with van der Waals surface area (Å²) >= 11 is 6.13. The Morgan fingerprint density at radius 1 is 1.04 bits per heavy atom. The van der Waals surface area contributed by atoms with Crippen molar-refractivity contribution in [3.8, 4) is 5.75 Å². The van der Waals surface area contributed by atoms with Crippen LogP contribution in [0.1, 0.15) is 59.7 Å². The number of halogens is 1. The molecule has 2 aromatic carbocycles. The van der Waals surface area contributed by atoms with Gasteiger partial charge in [-0.05, 0) is 75.1 Å². The van der Waals surface area contributed by atoms with Gasteiger partial charge in [-0.25, -0.2) is 4.79 Å². The standard InChI is InChI=1S/C22H24ClNO4/c1-2-27-20-13-10-16(14-19(20)23)21(25)24-17-11-8-15(9-12-17)22(26)28-18-6-4-3-5-7-18/h8-14,18H,2-7H2,1H3,(H,24,25). The summed E-state index contributed by atoms with van der Waals surface area (Å²) in [6.45, 7) is 2.37. The minimum Gasteiger partial charge on any atom is -0.492 e. The molecule has 0 aromatic heterocycles. The fourth-order valence-electron chi connectivity index (χ4n) is 3.21. The molecule has 1 saturated carbocycles. The summed E-state index contributed by atoms with van der Waals surface area (Å²) < 4.78 is 10.9. The van der Waals surface area contributed by atoms with Gasteiger partial charge in [0, 0.05) is 11.3 Å². The second kappa shape index (κ2) is 9.60. The van der Waals surface area contributed by atoms with E-state index in [1.807, 2.05) is 6.92 Å². The summed E-state index contributed by atoms with van der Waals surface area (Å²) in [6.07, 6.45) is 5.32. The smallest absolute Gasteiger partial charge is 0.338 e. The Kier molecular flexibility index (Phi) is 6.93. The highest BCUT2D eigenvalue weighted by Gasteiger charge is 2.18. The predicted octanol–water partition coefficient (Wildman–Crippen LogP) is 5.48. The second-order valence-corrected chi connectivity index (χ2v) is 7.18. The molecule has 28 heavy (non-hydrogen) atoms. The Morgan fingerprint density at radius 2 is 1.71 bits per heavy atom. The van der Waals surface area contributed by atoms with E-state index < -0.39 is 0 Å². The van der Waals surface area contributed by atoms with Crippen molar-refractivity contribution in [3.05, 3.63) is 58.6 Å². The van der Waals surface area contributed by atoms with Crippen molar-refractivity contribution in [1.82, 2.24) is 0 Å². The van der Waals surface area contributed by atoms with E-state index in [2.05, 4.69) is 5.32 Å². The van der Waals surface area contributed by atoms with Gasteiger partial charge in [-0.1, -0.05) is 18.0 Å². The molecule has 1 aliphatic carbocycles. The van der Waals surface area contributed by atoms with Crippen LogP contribution in [0.3, 0.4) is 0 Å². The average Bonchev–Trinajstić information content (AvgIpc) is 2.71. The van der Waals surface area contributed by atoms with Gasteiger partial charge >= 0.3 is 5.97 Å². The van der Waals surface area contributed by atoms with E-state index in [9.17, 15) is 9.59 Å². The molecule has 0 aliphatic heterocycles. The number of benzene rings is 2. The van der Waals surface area contributed by atoms with Crippen molar-refractivity contribution in [2.75, 3.05) is 11.9 Å². The second-order valence-electron chi connectivity index (χ2n) is 6.78. The number of anilines is 1. The molecule has 0 heterocycles. The van der Waals surface area contributed by atoms with Crippen LogP contribution in [0.15, 0.2) is 42.5 Å². The molecule has 148 valence electrons. The van der Waals surface area contributed by atoms with E-state index in [0.29, 0.717) is 34.2 Å². The van der Waals surface area contributed by atoms with Gasteiger partial charge in [0.2, 0.25) is 0 Å². The molecule has 3 rings (SSSR count). The minimum absolute atomic E-state index is 0.0186. The van der Waals surface area contributed by atoms with E-state index in [1.54, 1.807) is 42.5 Å². The first-order chi connectivity index (χ1) is 13.6. The van der Waals surface area contributed by atoms with Gasteiger partial charge in [0.05, 0.1) is 17.2 Å². The lowest BCUT2D eigenvalue weighted by atomic mass is 9.98. The van der Waals surface area contributed by atoms with Crippen molar-refractivity contribution >= 4 is 29.2 Å². The van der Waals surface area contributed by atoms with Crippen molar-refractivity contribution in [2.24, 2.45) is 0 Å². The highest BCUT2D eigenvalue weighted by atomic mass is 35.5. The third-order valence-corrected chi connectivity index (χ3v) is 4.99. The molecule has 5 nitrogen and oxygen atoms in total. The normalized spacial score (nSPS) is 14.4. The maximum atomic E-state index is 12.4. The number of rotatable bonds is 6. The first-order valence-electron chi connectivity index (χ1n) is 9.61. The first kappa shape index (κ1) is 20.2. The zero-order valence-electron chi connectivity index (χ0n) is 15.9. The van der Waals surface area contributed by atoms with Gasteiger partial charge < -0.3 is 14.8 Å². The Hall–Kier alpha value is -2.53. The number of nitrogens with one attached hydrogen (secondary N) is 1. The van der Waals surface area contributed by atoms with E-state index in [1.165, 1.54) is 6.42 Å². The van der Waals surface area contributed by atoms with Crippen LogP contribution >= 0.6 is 11.6 Å². The molecule has 0 atom stereocenters. The zero-order chi connectivity index (χ0) is 19.9. The maximum absolute atomic E-state index is 12.4. The van der Waals surface area contributed by atoms with Crippen LogP contribution in [-0.2, 0) is 4.74 Å². The van der Waals surface area contributed by atoms with Crippen LogP contribution in [0.25, 0.3) is 0 Å². The van der Waals surface area contributed by atoms with Gasteiger partial charge in [-0.3, -0.25) is 4.79 Å². The van der Waals surface area contributed by atoms with Gasteiger partial charge in [-0.2, -0.15) is 0 Å². The summed E-state index contributed by atoms with van der Waals surface area (Å²) in [5.41, 5.74) is 1.49. The lowest BCUT2D eigenvalue weighted by Gasteiger charge is -2.21. The van der Waals surface area contributed by atoms with Crippen molar-refractivity contribution in [3.63, 3.8) is 0 Å². The van der Waals surface area contributed by atoms with E-state index in [0.717, 1.165) is 25.7 Å². The van der Waals surface area contributed by atoms with Gasteiger partial charge in [-0.15, -0.1) is 0 Å². The largest absolute Gasteiger partial charge is 0.492 e. The quantitative estimate of drug-likeness (QED) is 0.651. The highest BCUT2D eigenvalue weighted by molar-refractivity contribution is 6.32. The molecule has 0 spiro atoms. The van der Waals surface area contributed by atoms with Crippen LogP contribution < -0.4 is 10.1 Å². The molecule has 1 N–H and O–H groups in total. The van der Waals surface area contributed by atoms with E-state index >= 15 is 0 Å². The Bertz CT molecular complexity index is 829. The Morgan fingerprint density at radius 3 is 2.36 bits per heavy atom. The van der Waals surface area contributed by atoms with Crippen LogP contribution in [0.5, 0.6) is 5.75 Å². The van der Waals surface area contributed by atoms with Crippen LogP contribution in [0.2, 0.25) is 5.02 Å². The van der Waals surface area contributed by atoms with Crippen molar-refractivity contribution < 1.29 is 19.1 Å². The molecule has 1 amide bonds. The monoisotopic (exact) mass is 401 g/mol. The highest BCUT2D eigenvalue weighted by Crippen LogP contribution is 2.26. The number of carbonyl (C=O) groups is 2. The molecule has 0 unspecified atom stereocenters. The van der Waals surface area contributed by atoms with E-state index in [-0.39, 0.29) is 18.0 Å². The molecule has 1 aliphatic rings. The summed E-state index contributed by atoms with van der Waals surface area (Å²) in [7, 11) is 0. The fraction of sp³-hybridized carbons (Fsp3) is 0.364. The molecule has 6 heteroatoms. The van der Waals surface area contributed by atoms with Crippen molar-refractivity contribution in [1.29, 1.82) is 0 Å². The molecule has 0 saturated heterocycles. The lowest BCUT2D eigenvalue weighted by molar-refractivity contribution is 0.0211. The maximum Gasteiger partial charge on any atom is 0.338 e. The van der Waals surface area contributed by atoms with Crippen molar-refractivity contribution in [2.45, 2.75) is 45.1 Å². The number of carbonyl (C=O) groups excluding carboxylic acids is 2. The zero-order valence-corrected chi connectivity index (χ0v) is 16.6. The first-order valence-corrected chi connectivity index (χ1v) is 9.99. The molecule has 1 fully saturated rings.